The Hall–Kier alpha value is -1.55. The van der Waals surface area contributed by atoms with Crippen LogP contribution in [0.4, 0.5) is 5.82 Å². The molecule has 0 aliphatic heterocycles. The lowest BCUT2D eigenvalue weighted by atomic mass is 10.2. The third-order valence-corrected chi connectivity index (χ3v) is 2.61. The number of benzene rings is 1. The average Bonchev–Trinajstić information content (AvgIpc) is 2.22. The van der Waals surface area contributed by atoms with Crippen molar-refractivity contribution in [1.82, 2.24) is 4.98 Å². The summed E-state index contributed by atoms with van der Waals surface area (Å²) in [5.74, 6) is 1.96. The zero-order valence-corrected chi connectivity index (χ0v) is 10.4. The molecule has 82 valence electrons. The summed E-state index contributed by atoms with van der Waals surface area (Å²) in [5.41, 5.74) is 6.64. The van der Waals surface area contributed by atoms with Gasteiger partial charge in [0.25, 0.3) is 0 Å². The highest BCUT2D eigenvalue weighted by Crippen LogP contribution is 2.27. The van der Waals surface area contributed by atoms with Gasteiger partial charge in [0, 0.05) is 16.7 Å². The van der Waals surface area contributed by atoms with Crippen molar-refractivity contribution >= 4 is 21.7 Å². The van der Waals surface area contributed by atoms with Gasteiger partial charge in [-0.1, -0.05) is 15.9 Å². The van der Waals surface area contributed by atoms with Gasteiger partial charge in [-0.2, -0.15) is 0 Å². The molecular weight excluding hydrogens is 268 g/mol. The monoisotopic (exact) mass is 278 g/mol. The van der Waals surface area contributed by atoms with Crippen LogP contribution in [0.5, 0.6) is 11.5 Å². The largest absolute Gasteiger partial charge is 0.457 e. The fourth-order valence-corrected chi connectivity index (χ4v) is 1.82. The number of nitrogen functional groups attached to an aromatic ring is 1. The Bertz CT molecular complexity index is 514. The van der Waals surface area contributed by atoms with Crippen LogP contribution in [0.3, 0.4) is 0 Å². The highest BCUT2D eigenvalue weighted by Gasteiger charge is 2.02. The molecule has 0 radical (unpaired) electrons. The quantitative estimate of drug-likeness (QED) is 0.914. The minimum absolute atomic E-state index is 0.451. The van der Waals surface area contributed by atoms with E-state index in [4.69, 9.17) is 10.5 Å². The van der Waals surface area contributed by atoms with Crippen molar-refractivity contribution in [2.24, 2.45) is 0 Å². The van der Waals surface area contributed by atoms with Gasteiger partial charge in [-0.05, 0) is 36.8 Å². The molecule has 0 saturated carbocycles. The van der Waals surface area contributed by atoms with E-state index >= 15 is 0 Å². The van der Waals surface area contributed by atoms with E-state index in [0.29, 0.717) is 11.6 Å². The van der Waals surface area contributed by atoms with Crippen LogP contribution >= 0.6 is 15.9 Å². The van der Waals surface area contributed by atoms with Crippen LogP contribution in [0.2, 0.25) is 0 Å². The fourth-order valence-electron chi connectivity index (χ4n) is 1.35. The number of hydrogen-bond acceptors (Lipinski definition) is 3. The molecule has 0 aliphatic carbocycles. The molecule has 0 amide bonds. The Balaban J connectivity index is 2.27. The van der Waals surface area contributed by atoms with E-state index in [2.05, 4.69) is 20.9 Å². The van der Waals surface area contributed by atoms with Crippen molar-refractivity contribution in [1.29, 1.82) is 0 Å². The number of hydrogen-bond donors (Lipinski definition) is 1. The molecule has 2 aromatic rings. The number of rotatable bonds is 2. The Morgan fingerprint density at radius 3 is 2.75 bits per heavy atom. The van der Waals surface area contributed by atoms with Crippen LogP contribution in [0.15, 0.2) is 41.0 Å². The SMILES string of the molecule is Cc1cc(Br)ccc1Oc1ccnc(N)c1. The normalized spacial score (nSPS) is 10.1. The number of nitrogens with zero attached hydrogens (tertiary/aromatic N) is 1. The van der Waals surface area contributed by atoms with E-state index in [1.165, 1.54) is 0 Å². The first-order valence-corrected chi connectivity index (χ1v) is 5.60. The lowest BCUT2D eigenvalue weighted by Crippen LogP contribution is -1.92. The van der Waals surface area contributed by atoms with E-state index in [-0.39, 0.29) is 0 Å². The van der Waals surface area contributed by atoms with E-state index in [1.807, 2.05) is 25.1 Å². The van der Waals surface area contributed by atoms with Crippen LogP contribution in [0.25, 0.3) is 0 Å². The minimum Gasteiger partial charge on any atom is -0.457 e. The van der Waals surface area contributed by atoms with Gasteiger partial charge in [0.15, 0.2) is 0 Å². The topological polar surface area (TPSA) is 48.1 Å². The Morgan fingerprint density at radius 2 is 2.06 bits per heavy atom. The number of aryl methyl sites for hydroxylation is 1. The van der Waals surface area contributed by atoms with E-state index in [0.717, 1.165) is 15.8 Å². The third kappa shape index (κ3) is 2.52. The molecule has 1 heterocycles. The zero-order valence-electron chi connectivity index (χ0n) is 8.77. The maximum atomic E-state index is 5.70. The van der Waals surface area contributed by atoms with E-state index in [9.17, 15) is 0 Å². The second-order valence-electron chi connectivity index (χ2n) is 3.43. The molecule has 0 saturated heterocycles. The van der Waals surface area contributed by atoms with Gasteiger partial charge < -0.3 is 10.5 Å². The number of ether oxygens (including phenoxy) is 1. The standard InChI is InChI=1S/C12H11BrN2O/c1-8-6-9(13)2-3-11(8)16-10-4-5-15-12(14)7-10/h2-7H,1H3,(H2,14,15). The molecule has 2 N–H and O–H groups in total. The van der Waals surface area contributed by atoms with E-state index in [1.54, 1.807) is 18.3 Å². The van der Waals surface area contributed by atoms with Crippen molar-refractivity contribution in [3.63, 3.8) is 0 Å². The van der Waals surface area contributed by atoms with Gasteiger partial charge in [0.05, 0.1) is 0 Å². The highest BCUT2D eigenvalue weighted by atomic mass is 79.9. The summed E-state index contributed by atoms with van der Waals surface area (Å²) in [6.07, 6.45) is 1.62. The fraction of sp³-hybridized carbons (Fsp3) is 0.0833. The smallest absolute Gasteiger partial charge is 0.132 e. The van der Waals surface area contributed by atoms with Crippen molar-refractivity contribution in [3.05, 3.63) is 46.6 Å². The summed E-state index contributed by atoms with van der Waals surface area (Å²) in [6, 6.07) is 9.32. The molecule has 1 aromatic heterocycles. The minimum atomic E-state index is 0.451. The zero-order chi connectivity index (χ0) is 11.5. The maximum Gasteiger partial charge on any atom is 0.132 e. The lowest BCUT2D eigenvalue weighted by molar-refractivity contribution is 0.478. The molecule has 4 heteroatoms. The van der Waals surface area contributed by atoms with Crippen molar-refractivity contribution in [3.8, 4) is 11.5 Å². The summed E-state index contributed by atoms with van der Waals surface area (Å²) >= 11 is 3.41. The Labute approximate surface area is 102 Å². The van der Waals surface area contributed by atoms with Crippen molar-refractivity contribution < 1.29 is 4.74 Å². The van der Waals surface area contributed by atoms with Gasteiger partial charge in [0.1, 0.15) is 17.3 Å². The van der Waals surface area contributed by atoms with Gasteiger partial charge in [-0.3, -0.25) is 0 Å². The predicted octanol–water partition coefficient (Wildman–Crippen LogP) is 3.53. The molecular formula is C12H11BrN2O. The Morgan fingerprint density at radius 1 is 1.25 bits per heavy atom. The molecule has 1 aromatic carbocycles. The van der Waals surface area contributed by atoms with Crippen LogP contribution in [0.1, 0.15) is 5.56 Å². The van der Waals surface area contributed by atoms with Crippen molar-refractivity contribution in [2.45, 2.75) is 6.92 Å². The van der Waals surface area contributed by atoms with Crippen LogP contribution in [0, 0.1) is 6.92 Å². The summed E-state index contributed by atoms with van der Waals surface area (Å²) in [4.78, 5) is 3.91. The number of anilines is 1. The number of halogens is 1. The molecule has 3 nitrogen and oxygen atoms in total. The number of pyridine rings is 1. The molecule has 0 atom stereocenters. The predicted molar refractivity (Wildman–Crippen MR) is 67.6 cm³/mol. The van der Waals surface area contributed by atoms with Gasteiger partial charge in [-0.15, -0.1) is 0 Å². The number of nitrogens with two attached hydrogens (primary N) is 1. The maximum absolute atomic E-state index is 5.70. The highest BCUT2D eigenvalue weighted by molar-refractivity contribution is 9.10. The second kappa shape index (κ2) is 4.53. The van der Waals surface area contributed by atoms with Gasteiger partial charge in [-0.25, -0.2) is 4.98 Å². The molecule has 0 bridgehead atoms. The first kappa shape index (κ1) is 11.0. The number of aromatic nitrogens is 1. The second-order valence-corrected chi connectivity index (χ2v) is 4.34. The molecule has 2 rings (SSSR count). The molecule has 16 heavy (non-hydrogen) atoms. The van der Waals surface area contributed by atoms with Gasteiger partial charge >= 0.3 is 0 Å². The van der Waals surface area contributed by atoms with Gasteiger partial charge in [0.2, 0.25) is 0 Å². The summed E-state index contributed by atoms with van der Waals surface area (Å²) in [5, 5.41) is 0. The molecule has 0 aliphatic rings. The van der Waals surface area contributed by atoms with Crippen LogP contribution in [-0.2, 0) is 0 Å². The van der Waals surface area contributed by atoms with Crippen LogP contribution < -0.4 is 10.5 Å². The first-order chi connectivity index (χ1) is 7.65. The van der Waals surface area contributed by atoms with Crippen LogP contribution in [-0.4, -0.2) is 4.98 Å². The van der Waals surface area contributed by atoms with E-state index < -0.39 is 0 Å². The lowest BCUT2D eigenvalue weighted by Gasteiger charge is -2.08. The summed E-state index contributed by atoms with van der Waals surface area (Å²) < 4.78 is 6.74. The van der Waals surface area contributed by atoms with Crippen molar-refractivity contribution in [2.75, 3.05) is 5.73 Å². The summed E-state index contributed by atoms with van der Waals surface area (Å²) in [6.45, 7) is 1.99. The first-order valence-electron chi connectivity index (χ1n) is 4.81. The summed E-state index contributed by atoms with van der Waals surface area (Å²) in [7, 11) is 0. The third-order valence-electron chi connectivity index (χ3n) is 2.12. The average molecular weight is 279 g/mol. The molecule has 0 spiro atoms. The molecule has 0 unspecified atom stereocenters. The molecule has 0 fully saturated rings. The Kier molecular flexibility index (Phi) is 3.10.